The second-order valence-corrected chi connectivity index (χ2v) is 8.01. The fraction of sp³-hybridized carbons (Fsp3) is 0.238. The molecule has 0 radical (unpaired) electrons. The lowest BCUT2D eigenvalue weighted by Crippen LogP contribution is -2.35. The largest absolute Gasteiger partial charge is 0.486 e. The summed E-state index contributed by atoms with van der Waals surface area (Å²) in [6.45, 7) is 3.13. The van der Waals surface area contributed by atoms with E-state index in [1.807, 2.05) is 31.2 Å². The average molecular weight is 437 g/mol. The van der Waals surface area contributed by atoms with Gasteiger partial charge in [0.15, 0.2) is 11.5 Å². The van der Waals surface area contributed by atoms with Crippen LogP contribution in [0.3, 0.4) is 0 Å². The van der Waals surface area contributed by atoms with Gasteiger partial charge in [-0.15, -0.1) is 11.3 Å². The average Bonchev–Trinajstić information content (AvgIpc) is 3.44. The molecule has 9 nitrogen and oxygen atoms in total. The summed E-state index contributed by atoms with van der Waals surface area (Å²) < 4.78 is 16.6. The highest BCUT2D eigenvalue weighted by atomic mass is 32.1. The van der Waals surface area contributed by atoms with Gasteiger partial charge in [-0.25, -0.2) is 9.97 Å². The summed E-state index contributed by atoms with van der Waals surface area (Å²) in [6.07, 6.45) is 2.80. The molecule has 0 saturated carbocycles. The van der Waals surface area contributed by atoms with Gasteiger partial charge in [-0.1, -0.05) is 17.3 Å². The maximum absolute atomic E-state index is 12.7. The minimum atomic E-state index is -0.185. The number of fused-ring (bicyclic) bond motifs is 2. The quantitative estimate of drug-likeness (QED) is 0.473. The lowest BCUT2D eigenvalue weighted by molar-refractivity contribution is 0.0953. The van der Waals surface area contributed by atoms with Gasteiger partial charge >= 0.3 is 0 Å². The summed E-state index contributed by atoms with van der Waals surface area (Å²) in [4.78, 5) is 22.8. The Balaban J connectivity index is 1.31. The summed E-state index contributed by atoms with van der Waals surface area (Å²) in [7, 11) is 0. The zero-order valence-corrected chi connectivity index (χ0v) is 17.4. The minimum Gasteiger partial charge on any atom is -0.486 e. The fourth-order valence-electron chi connectivity index (χ4n) is 3.38. The first-order valence-corrected chi connectivity index (χ1v) is 10.5. The monoisotopic (exact) mass is 437 g/mol. The van der Waals surface area contributed by atoms with Crippen molar-refractivity contribution in [1.82, 2.24) is 20.4 Å². The first kappa shape index (κ1) is 19.3. The number of ether oxygens (including phenoxy) is 2. The molecule has 0 saturated heterocycles. The SMILES string of the molecule is Cc1c(C(=O)NCc2ccon2)sc2ncnc(NCC3COc4ccccc4O3)c12. The molecule has 10 heteroatoms. The van der Waals surface area contributed by atoms with Gasteiger partial charge in [0.05, 0.1) is 23.4 Å². The standard InChI is InChI=1S/C21H19N5O4S/c1-12-17-19(22-9-14-10-28-15-4-2-3-5-16(15)30-14)24-11-25-21(17)31-18(12)20(27)23-8-13-6-7-29-26-13/h2-7,11,14H,8-10H2,1H3,(H,23,27)(H,22,24,25). The predicted octanol–water partition coefficient (Wildman–Crippen LogP) is 3.17. The molecule has 4 aromatic rings. The maximum Gasteiger partial charge on any atom is 0.262 e. The molecule has 1 unspecified atom stereocenters. The van der Waals surface area contributed by atoms with Crippen LogP contribution in [-0.2, 0) is 6.54 Å². The van der Waals surface area contributed by atoms with Crippen LogP contribution in [0.25, 0.3) is 10.2 Å². The Morgan fingerprint density at radius 3 is 2.94 bits per heavy atom. The van der Waals surface area contributed by atoms with Crippen molar-refractivity contribution in [3.05, 3.63) is 59.1 Å². The van der Waals surface area contributed by atoms with Crippen LogP contribution >= 0.6 is 11.3 Å². The lowest BCUT2D eigenvalue weighted by Gasteiger charge is -2.26. The summed E-state index contributed by atoms with van der Waals surface area (Å²) >= 11 is 1.33. The number of hydrogen-bond acceptors (Lipinski definition) is 9. The van der Waals surface area contributed by atoms with Gasteiger partial charge < -0.3 is 24.6 Å². The number of para-hydroxylation sites is 2. The highest BCUT2D eigenvalue weighted by molar-refractivity contribution is 7.20. The number of aromatic nitrogens is 3. The van der Waals surface area contributed by atoms with Crippen molar-refractivity contribution in [3.63, 3.8) is 0 Å². The van der Waals surface area contributed by atoms with Crippen LogP contribution in [0.4, 0.5) is 5.82 Å². The molecule has 0 bridgehead atoms. The third kappa shape index (κ3) is 3.89. The molecule has 158 valence electrons. The summed E-state index contributed by atoms with van der Waals surface area (Å²) in [5.74, 6) is 1.95. The number of rotatable bonds is 6. The van der Waals surface area contributed by atoms with Crippen molar-refractivity contribution in [2.45, 2.75) is 19.6 Å². The van der Waals surface area contributed by atoms with Crippen molar-refractivity contribution in [1.29, 1.82) is 0 Å². The van der Waals surface area contributed by atoms with Crippen molar-refractivity contribution >= 4 is 33.3 Å². The zero-order chi connectivity index (χ0) is 21.2. The molecule has 1 aromatic carbocycles. The van der Waals surface area contributed by atoms with Crippen LogP contribution in [0.2, 0.25) is 0 Å². The van der Waals surface area contributed by atoms with Gasteiger partial charge in [0.2, 0.25) is 0 Å². The normalized spacial score (nSPS) is 15.1. The Kier molecular flexibility index (Phi) is 5.13. The smallest absolute Gasteiger partial charge is 0.262 e. The molecule has 3 aromatic heterocycles. The van der Waals surface area contributed by atoms with Crippen molar-refractivity contribution in [2.75, 3.05) is 18.5 Å². The summed E-state index contributed by atoms with van der Waals surface area (Å²) in [6, 6.07) is 9.31. The number of nitrogens with one attached hydrogen (secondary N) is 2. The van der Waals surface area contributed by atoms with Crippen LogP contribution in [0.15, 0.2) is 47.4 Å². The van der Waals surface area contributed by atoms with Gasteiger partial charge in [0.1, 0.15) is 41.6 Å². The Morgan fingerprint density at radius 2 is 2.10 bits per heavy atom. The van der Waals surface area contributed by atoms with Crippen LogP contribution in [0.5, 0.6) is 11.5 Å². The number of aryl methyl sites for hydroxylation is 1. The Morgan fingerprint density at radius 1 is 1.23 bits per heavy atom. The molecule has 2 N–H and O–H groups in total. The van der Waals surface area contributed by atoms with E-state index >= 15 is 0 Å². The second-order valence-electron chi connectivity index (χ2n) is 7.01. The third-order valence-corrected chi connectivity index (χ3v) is 6.12. The highest BCUT2D eigenvalue weighted by Gasteiger charge is 2.23. The number of nitrogens with zero attached hydrogens (tertiary/aromatic N) is 3. The molecule has 0 aliphatic carbocycles. The number of amides is 1. The van der Waals surface area contributed by atoms with Crippen molar-refractivity contribution < 1.29 is 18.8 Å². The van der Waals surface area contributed by atoms with E-state index in [9.17, 15) is 4.79 Å². The predicted molar refractivity (Wildman–Crippen MR) is 115 cm³/mol. The van der Waals surface area contributed by atoms with Gasteiger partial charge in [0, 0.05) is 6.07 Å². The number of anilines is 1. The van der Waals surface area contributed by atoms with E-state index in [4.69, 9.17) is 14.0 Å². The van der Waals surface area contributed by atoms with Gasteiger partial charge in [-0.05, 0) is 24.6 Å². The Bertz CT molecular complexity index is 1220. The minimum absolute atomic E-state index is 0.163. The molecule has 4 heterocycles. The molecular formula is C21H19N5O4S. The van der Waals surface area contributed by atoms with E-state index in [2.05, 4.69) is 25.8 Å². The molecule has 31 heavy (non-hydrogen) atoms. The Labute approximate surface area is 181 Å². The number of benzene rings is 1. The van der Waals surface area contributed by atoms with Crippen molar-refractivity contribution in [3.8, 4) is 11.5 Å². The Hall–Kier alpha value is -3.66. The molecule has 1 aliphatic rings. The topological polar surface area (TPSA) is 111 Å². The van der Waals surface area contributed by atoms with E-state index in [1.165, 1.54) is 23.9 Å². The summed E-state index contributed by atoms with van der Waals surface area (Å²) in [5, 5.41) is 10.8. The highest BCUT2D eigenvalue weighted by Crippen LogP contribution is 2.34. The summed E-state index contributed by atoms with van der Waals surface area (Å²) in [5.41, 5.74) is 1.48. The van der Waals surface area contributed by atoms with E-state index in [0.29, 0.717) is 36.1 Å². The lowest BCUT2D eigenvalue weighted by atomic mass is 10.2. The fourth-order valence-corrected chi connectivity index (χ4v) is 4.44. The number of hydrogen-bond donors (Lipinski definition) is 2. The van der Waals surface area contributed by atoms with E-state index in [-0.39, 0.29) is 12.0 Å². The van der Waals surface area contributed by atoms with Gasteiger partial charge in [-0.3, -0.25) is 4.79 Å². The first-order chi connectivity index (χ1) is 15.2. The molecule has 1 amide bonds. The maximum atomic E-state index is 12.7. The van der Waals surface area contributed by atoms with Crippen molar-refractivity contribution in [2.24, 2.45) is 0 Å². The number of carbonyl (C=O) groups is 1. The van der Waals surface area contributed by atoms with Gasteiger partial charge in [0.25, 0.3) is 5.91 Å². The van der Waals surface area contributed by atoms with Crippen LogP contribution in [0.1, 0.15) is 20.9 Å². The van der Waals surface area contributed by atoms with Crippen LogP contribution < -0.4 is 20.1 Å². The number of carbonyl (C=O) groups excluding carboxylic acids is 1. The molecule has 0 spiro atoms. The zero-order valence-electron chi connectivity index (χ0n) is 16.6. The molecular weight excluding hydrogens is 418 g/mol. The molecule has 1 atom stereocenters. The van der Waals surface area contributed by atoms with Crippen LogP contribution in [0, 0.1) is 6.92 Å². The molecule has 5 rings (SSSR count). The van der Waals surface area contributed by atoms with E-state index in [1.54, 1.807) is 6.07 Å². The number of thiophene rings is 1. The molecule has 0 fully saturated rings. The molecule has 1 aliphatic heterocycles. The van der Waals surface area contributed by atoms with E-state index in [0.717, 1.165) is 27.3 Å². The second kappa shape index (κ2) is 8.23. The van der Waals surface area contributed by atoms with Gasteiger partial charge in [-0.2, -0.15) is 0 Å². The first-order valence-electron chi connectivity index (χ1n) is 9.73. The third-order valence-electron chi connectivity index (χ3n) is 4.92. The van der Waals surface area contributed by atoms with E-state index < -0.39 is 0 Å². The van der Waals surface area contributed by atoms with Crippen LogP contribution in [-0.4, -0.2) is 40.3 Å².